The molecule has 0 saturated carbocycles. The van der Waals surface area contributed by atoms with Crippen LogP contribution in [0.2, 0.25) is 0 Å². The highest BCUT2D eigenvalue weighted by Gasteiger charge is 2.21. The van der Waals surface area contributed by atoms with Crippen LogP contribution in [0.4, 0.5) is 28.4 Å². The highest BCUT2D eigenvalue weighted by molar-refractivity contribution is 6.18. The second-order valence-electron chi connectivity index (χ2n) is 18.2. The molecule has 13 rings (SSSR count). The highest BCUT2D eigenvalue weighted by atomic mass is 15.1. The van der Waals surface area contributed by atoms with Crippen molar-refractivity contribution < 1.29 is 0 Å². The lowest BCUT2D eigenvalue weighted by Crippen LogP contribution is -2.09. The zero-order valence-electron chi connectivity index (χ0n) is 43.3. The molecule has 0 radical (unpaired) electrons. The average molecular weight is 982 g/mol. The van der Waals surface area contributed by atoms with Crippen LogP contribution in [-0.2, 0) is 0 Å². The molecule has 0 atom stereocenters. The quantitative estimate of drug-likeness (QED) is 0.127. The van der Waals surface area contributed by atoms with Gasteiger partial charge in [0.05, 0.1) is 27.8 Å². The molecule has 2 aromatic heterocycles. The summed E-state index contributed by atoms with van der Waals surface area (Å²) in [5.74, 6) is 0. The number of rotatable bonds is 11. The molecule has 0 bridgehead atoms. The Morgan fingerprint density at radius 1 is 0.316 bits per heavy atom. The van der Waals surface area contributed by atoms with E-state index in [-0.39, 0.29) is 0 Å². The Balaban J connectivity index is 0.00000151. The molecule has 368 valence electrons. The van der Waals surface area contributed by atoms with Crippen LogP contribution >= 0.6 is 0 Å². The molecule has 0 unspecified atom stereocenters. The Morgan fingerprint density at radius 3 is 1.16 bits per heavy atom. The molecule has 5 nitrogen and oxygen atoms in total. The van der Waals surface area contributed by atoms with Crippen molar-refractivity contribution in [2.45, 2.75) is 27.7 Å². The van der Waals surface area contributed by atoms with Crippen molar-refractivity contribution in [3.63, 3.8) is 0 Å². The predicted molar refractivity (Wildman–Crippen MR) is 326 cm³/mol. The summed E-state index contributed by atoms with van der Waals surface area (Å²) in [4.78, 5) is 2.33. The molecule has 0 aliphatic carbocycles. The third kappa shape index (κ3) is 8.99. The van der Waals surface area contributed by atoms with Gasteiger partial charge < -0.3 is 24.8 Å². The minimum absolute atomic E-state index is 0.827. The topological polar surface area (TPSA) is 49.0 Å². The van der Waals surface area contributed by atoms with E-state index in [9.17, 15) is 0 Å². The molecule has 0 saturated heterocycles. The zero-order chi connectivity index (χ0) is 52.0. The fraction of sp³-hybridized carbons (Fsp3) is 0.0563. The van der Waals surface area contributed by atoms with E-state index in [0.29, 0.717) is 0 Å². The Kier molecular flexibility index (Phi) is 13.9. The van der Waals surface area contributed by atoms with Gasteiger partial charge in [-0.15, -0.1) is 0 Å². The first-order valence-electron chi connectivity index (χ1n) is 26.4. The van der Waals surface area contributed by atoms with Crippen LogP contribution in [0.15, 0.2) is 267 Å². The van der Waals surface area contributed by atoms with Crippen LogP contribution in [0.5, 0.6) is 0 Å². The second-order valence-corrected chi connectivity index (χ2v) is 18.2. The molecule has 76 heavy (non-hydrogen) atoms. The van der Waals surface area contributed by atoms with Gasteiger partial charge in [0.2, 0.25) is 0 Å². The fourth-order valence-corrected chi connectivity index (χ4v) is 10.6. The Labute approximate surface area is 445 Å². The van der Waals surface area contributed by atoms with Gasteiger partial charge in [0.1, 0.15) is 0 Å². The summed E-state index contributed by atoms with van der Waals surface area (Å²) in [6.07, 6.45) is 1.49. The number of fused-ring (bicyclic) bond motifs is 6. The van der Waals surface area contributed by atoms with Gasteiger partial charge in [0.25, 0.3) is 0 Å². The van der Waals surface area contributed by atoms with Crippen LogP contribution in [0.25, 0.3) is 88.4 Å². The number of para-hydroxylation sites is 4. The van der Waals surface area contributed by atoms with Gasteiger partial charge in [0, 0.05) is 67.4 Å². The van der Waals surface area contributed by atoms with Crippen molar-refractivity contribution in [1.82, 2.24) is 9.13 Å². The number of hydrogen-bond donors (Lipinski definition) is 2. The van der Waals surface area contributed by atoms with Gasteiger partial charge in [-0.3, -0.25) is 0 Å². The van der Waals surface area contributed by atoms with E-state index < -0.39 is 0 Å². The minimum Gasteiger partial charge on any atom is -0.353 e. The number of hydrogen-bond acceptors (Lipinski definition) is 3. The van der Waals surface area contributed by atoms with E-state index in [0.717, 1.165) is 94.7 Å². The van der Waals surface area contributed by atoms with E-state index in [4.69, 9.17) is 5.41 Å². The molecule has 0 aliphatic rings. The van der Waals surface area contributed by atoms with E-state index in [2.05, 4.69) is 280 Å². The minimum atomic E-state index is 0.827. The molecule has 0 amide bonds. The van der Waals surface area contributed by atoms with Gasteiger partial charge in [0.15, 0.2) is 0 Å². The normalized spacial score (nSPS) is 10.9. The summed E-state index contributed by atoms with van der Waals surface area (Å²) in [6.45, 7) is 8.00. The monoisotopic (exact) mass is 981 g/mol. The summed E-state index contributed by atoms with van der Waals surface area (Å²) in [5.41, 5.74) is 19.4. The number of benzene rings is 11. The zero-order valence-corrected chi connectivity index (χ0v) is 43.3. The molecule has 0 spiro atoms. The van der Waals surface area contributed by atoms with Crippen LogP contribution in [-0.4, -0.2) is 15.3 Å². The van der Waals surface area contributed by atoms with Crippen molar-refractivity contribution in [2.24, 2.45) is 0 Å². The third-order valence-corrected chi connectivity index (χ3v) is 14.0. The lowest BCUT2D eigenvalue weighted by atomic mass is 10.0. The van der Waals surface area contributed by atoms with Crippen molar-refractivity contribution >= 4 is 78.3 Å². The summed E-state index contributed by atoms with van der Waals surface area (Å²) < 4.78 is 4.65. The van der Waals surface area contributed by atoms with Crippen LogP contribution < -0.4 is 10.2 Å². The predicted octanol–water partition coefficient (Wildman–Crippen LogP) is 20.1. The first kappa shape index (κ1) is 48.6. The Bertz CT molecular complexity index is 4000. The number of aromatic nitrogens is 2. The van der Waals surface area contributed by atoms with Crippen molar-refractivity contribution in [1.29, 1.82) is 5.41 Å². The second kappa shape index (κ2) is 21.8. The Morgan fingerprint density at radius 2 is 0.684 bits per heavy atom. The van der Waals surface area contributed by atoms with Crippen LogP contribution in [0.1, 0.15) is 33.3 Å². The molecular weight excluding hydrogens is 923 g/mol. The van der Waals surface area contributed by atoms with Crippen LogP contribution in [0.3, 0.4) is 0 Å². The van der Waals surface area contributed by atoms with E-state index in [1.807, 2.05) is 33.8 Å². The van der Waals surface area contributed by atoms with Crippen LogP contribution in [0, 0.1) is 5.41 Å². The highest BCUT2D eigenvalue weighted by Crippen LogP contribution is 2.42. The first-order chi connectivity index (χ1) is 37.7. The van der Waals surface area contributed by atoms with Crippen molar-refractivity contribution in [3.05, 3.63) is 272 Å². The number of nitrogens with zero attached hydrogens (tertiary/aromatic N) is 3. The molecule has 2 heterocycles. The molecule has 11 aromatic carbocycles. The Hall–Kier alpha value is -9.71. The lowest BCUT2D eigenvalue weighted by molar-refractivity contribution is 1.18. The molecule has 2 N–H and O–H groups in total. The summed E-state index contributed by atoms with van der Waals surface area (Å²) in [6, 6.07) is 95.0. The smallest absolute Gasteiger partial charge is 0.0776 e. The molecule has 0 aliphatic heterocycles. The fourth-order valence-electron chi connectivity index (χ4n) is 10.6. The lowest BCUT2D eigenvalue weighted by Gasteiger charge is -2.26. The summed E-state index contributed by atoms with van der Waals surface area (Å²) in [7, 11) is 0. The van der Waals surface area contributed by atoms with Gasteiger partial charge in [-0.05, 0) is 118 Å². The van der Waals surface area contributed by atoms with Gasteiger partial charge in [-0.1, -0.05) is 210 Å². The van der Waals surface area contributed by atoms with E-state index in [1.54, 1.807) is 0 Å². The van der Waals surface area contributed by atoms with Gasteiger partial charge in [-0.25, -0.2) is 0 Å². The molecular formula is C71H59N5. The van der Waals surface area contributed by atoms with Crippen molar-refractivity contribution in [2.75, 3.05) is 10.2 Å². The molecule has 0 fully saturated rings. The van der Waals surface area contributed by atoms with E-state index >= 15 is 0 Å². The van der Waals surface area contributed by atoms with Gasteiger partial charge in [-0.2, -0.15) is 0 Å². The maximum Gasteiger partial charge on any atom is 0.0776 e. The SMILES string of the molecule is CC.CC.N=Cc1c(Nc2cccc3c4ccccc4n(-c4ccc(-c5ccc(N(c6ccc(-c7ccccc7)cc6)c6ccc(-c7ccccc7)cc6)cc5)cc4)c23)ccc2c3ccccc3n(-c3ccccc3)c12. The maximum atomic E-state index is 8.88. The summed E-state index contributed by atoms with van der Waals surface area (Å²) >= 11 is 0. The van der Waals surface area contributed by atoms with Crippen molar-refractivity contribution in [3.8, 4) is 44.8 Å². The summed E-state index contributed by atoms with van der Waals surface area (Å²) in [5, 5.41) is 17.3. The number of anilines is 5. The number of nitrogens with one attached hydrogen (secondary N) is 2. The van der Waals surface area contributed by atoms with E-state index in [1.165, 1.54) is 33.9 Å². The standard InChI is InChI=1S/C67H47N5.2C2H6/c68-45-61-62(44-43-60-58-22-11-12-25-64(58)71(66(60)61)52-19-8-3-9-20-52)69-63-24-14-23-59-57-21-10-13-26-65(57)72(67(59)63)56-41-33-51(34-42-56)50-31-39-55(40-32-50)70(53-35-27-48(28-36-53)46-15-4-1-5-16-46)54-37-29-49(30-38-54)47-17-6-2-7-18-47;2*1-2/h1-45,68-69H;2*1-2H3. The molecule has 13 aromatic rings. The maximum absolute atomic E-state index is 8.88. The molecule has 5 heteroatoms. The first-order valence-corrected chi connectivity index (χ1v) is 26.4. The third-order valence-electron chi connectivity index (χ3n) is 14.0. The van der Waals surface area contributed by atoms with Gasteiger partial charge >= 0.3 is 0 Å². The average Bonchev–Trinajstić information content (AvgIpc) is 4.13. The largest absolute Gasteiger partial charge is 0.353 e.